The van der Waals surface area contributed by atoms with Crippen molar-refractivity contribution in [1.82, 2.24) is 0 Å². The molecule has 0 spiro atoms. The minimum atomic E-state index is 0.807. The van der Waals surface area contributed by atoms with E-state index in [4.69, 9.17) is 5.73 Å². The molecular weight excluding hydrogens is 377 g/mol. The van der Waals surface area contributed by atoms with Crippen LogP contribution in [-0.4, -0.2) is 0 Å². The topological polar surface area (TPSA) is 26.0 Å². The Morgan fingerprint density at radius 1 is 1.20 bits per heavy atom. The molecule has 104 valence electrons. The van der Waals surface area contributed by atoms with Gasteiger partial charge in [-0.25, -0.2) is 0 Å². The van der Waals surface area contributed by atoms with Crippen LogP contribution in [0.1, 0.15) is 19.3 Å². The van der Waals surface area contributed by atoms with Crippen LogP contribution in [0.25, 0.3) is 0 Å². The van der Waals surface area contributed by atoms with Crippen LogP contribution in [0.3, 0.4) is 0 Å². The van der Waals surface area contributed by atoms with E-state index in [1.54, 1.807) is 0 Å². The van der Waals surface area contributed by atoms with Gasteiger partial charge in [0.05, 0.1) is 0 Å². The summed E-state index contributed by atoms with van der Waals surface area (Å²) >= 11 is 4.11. The molecule has 1 aromatic rings. The number of hydrogen-bond acceptors (Lipinski definition) is 2. The Balaban J connectivity index is 2.36. The fraction of sp³-hybridized carbons (Fsp3) is 0.176. The van der Waals surface area contributed by atoms with Crippen LogP contribution >= 0.6 is 34.4 Å². The van der Waals surface area contributed by atoms with Gasteiger partial charge in [-0.15, -0.1) is 0 Å². The number of hydrogen-bond donors (Lipinski definition) is 1. The minimum absolute atomic E-state index is 0.807. The third kappa shape index (κ3) is 4.03. The monoisotopic (exact) mass is 395 g/mol. The maximum atomic E-state index is 5.75. The molecule has 0 bridgehead atoms. The summed E-state index contributed by atoms with van der Waals surface area (Å²) in [4.78, 5) is 2.60. The first-order valence-corrected chi connectivity index (χ1v) is 8.66. The van der Waals surface area contributed by atoms with Gasteiger partial charge in [-0.05, 0) is 58.8 Å². The van der Waals surface area contributed by atoms with Crippen LogP contribution in [0.5, 0.6) is 0 Å². The molecule has 0 aliphatic heterocycles. The van der Waals surface area contributed by atoms with Gasteiger partial charge < -0.3 is 5.73 Å². The lowest BCUT2D eigenvalue weighted by Gasteiger charge is -2.21. The van der Waals surface area contributed by atoms with Crippen LogP contribution < -0.4 is 5.73 Å². The number of nitrogen functional groups attached to an aromatic ring is 1. The molecule has 1 aromatic carbocycles. The molecule has 3 heteroatoms. The van der Waals surface area contributed by atoms with Crippen LogP contribution in [0.4, 0.5) is 5.69 Å². The van der Waals surface area contributed by atoms with E-state index in [1.165, 1.54) is 27.4 Å². The summed E-state index contributed by atoms with van der Waals surface area (Å²) in [5.41, 5.74) is 9.36. The van der Waals surface area contributed by atoms with Gasteiger partial charge in [0.15, 0.2) is 0 Å². The second-order valence-electron chi connectivity index (χ2n) is 4.60. The number of nitrogens with two attached hydrogens (primary N) is 1. The standard InChI is InChI=1S/C17H18INS/c1-2-4-13-5-3-6-14(11-12-18)17(13)20-16-9-7-15(19)8-10-16/h2,4,7-12H,1,3,5-6,19H2/b12-11+,13-4?. The van der Waals surface area contributed by atoms with Gasteiger partial charge in [-0.1, -0.05) is 59.2 Å². The van der Waals surface area contributed by atoms with E-state index in [1.807, 2.05) is 30.0 Å². The van der Waals surface area contributed by atoms with Gasteiger partial charge >= 0.3 is 0 Å². The van der Waals surface area contributed by atoms with Crippen LogP contribution in [0.15, 0.2) is 74.1 Å². The molecule has 0 radical (unpaired) electrons. The molecule has 0 fully saturated rings. The number of rotatable bonds is 4. The quantitative estimate of drug-likeness (QED) is 0.511. The molecule has 20 heavy (non-hydrogen) atoms. The van der Waals surface area contributed by atoms with E-state index in [2.05, 4.69) is 57.5 Å². The van der Waals surface area contributed by atoms with Gasteiger partial charge in [0.25, 0.3) is 0 Å². The van der Waals surface area contributed by atoms with Gasteiger partial charge in [-0.2, -0.15) is 0 Å². The van der Waals surface area contributed by atoms with Crippen LogP contribution in [-0.2, 0) is 0 Å². The van der Waals surface area contributed by atoms with E-state index in [0.29, 0.717) is 0 Å². The SMILES string of the molecule is C=CC=C1CCCC(/C=C/I)=C1Sc1ccc(N)cc1. The highest BCUT2D eigenvalue weighted by Crippen LogP contribution is 2.41. The molecule has 0 unspecified atom stereocenters. The predicted molar refractivity (Wildman–Crippen MR) is 99.0 cm³/mol. The van der Waals surface area contributed by atoms with Crippen molar-refractivity contribution in [2.75, 3.05) is 5.73 Å². The largest absolute Gasteiger partial charge is 0.399 e. The summed E-state index contributed by atoms with van der Waals surface area (Å²) in [6.07, 6.45) is 9.72. The summed E-state index contributed by atoms with van der Waals surface area (Å²) in [5.74, 6) is 0. The van der Waals surface area contributed by atoms with Crippen LogP contribution in [0, 0.1) is 0 Å². The lowest BCUT2D eigenvalue weighted by Crippen LogP contribution is -1.99. The van der Waals surface area contributed by atoms with Crippen molar-refractivity contribution >= 4 is 40.0 Å². The molecule has 0 amide bonds. The Bertz CT molecular complexity index is 567. The second-order valence-corrected chi connectivity index (χ2v) is 6.40. The molecule has 1 aliphatic rings. The van der Waals surface area contributed by atoms with E-state index in [9.17, 15) is 0 Å². The Morgan fingerprint density at radius 2 is 1.95 bits per heavy atom. The zero-order valence-corrected chi connectivity index (χ0v) is 14.3. The Hall–Kier alpha value is -0.940. The molecular formula is C17H18INS. The number of halogens is 1. The summed E-state index contributed by atoms with van der Waals surface area (Å²) in [5, 5.41) is 0. The van der Waals surface area contributed by atoms with E-state index in [0.717, 1.165) is 18.5 Å². The van der Waals surface area contributed by atoms with Gasteiger partial charge in [0.1, 0.15) is 0 Å². The molecule has 1 nitrogen and oxygen atoms in total. The highest BCUT2D eigenvalue weighted by atomic mass is 127. The van der Waals surface area contributed by atoms with Crippen molar-refractivity contribution in [2.45, 2.75) is 24.2 Å². The van der Waals surface area contributed by atoms with Gasteiger partial charge in [-0.3, -0.25) is 0 Å². The Morgan fingerprint density at radius 3 is 2.60 bits per heavy atom. The molecule has 0 heterocycles. The lowest BCUT2D eigenvalue weighted by molar-refractivity contribution is 0.793. The summed E-state index contributed by atoms with van der Waals surface area (Å²) in [6, 6.07) is 8.07. The smallest absolute Gasteiger partial charge is 0.0314 e. The second kappa shape index (κ2) is 7.74. The summed E-state index contributed by atoms with van der Waals surface area (Å²) < 4.78 is 2.09. The first-order chi connectivity index (χ1) is 9.74. The van der Waals surface area contributed by atoms with Crippen LogP contribution in [0.2, 0.25) is 0 Å². The van der Waals surface area contributed by atoms with Crippen molar-refractivity contribution in [3.63, 3.8) is 0 Å². The third-order valence-electron chi connectivity index (χ3n) is 3.16. The molecule has 0 saturated heterocycles. The third-order valence-corrected chi connectivity index (χ3v) is 4.75. The number of thioether (sulfide) groups is 1. The summed E-state index contributed by atoms with van der Waals surface area (Å²) in [6.45, 7) is 3.83. The van der Waals surface area contributed by atoms with Gasteiger partial charge in [0.2, 0.25) is 0 Å². The summed E-state index contributed by atoms with van der Waals surface area (Å²) in [7, 11) is 0. The normalized spacial score (nSPS) is 17.9. The average Bonchev–Trinajstić information content (AvgIpc) is 2.45. The van der Waals surface area contributed by atoms with Crippen molar-refractivity contribution in [1.29, 1.82) is 0 Å². The lowest BCUT2D eigenvalue weighted by atomic mass is 9.94. The van der Waals surface area contributed by atoms with Gasteiger partial charge in [0, 0.05) is 15.5 Å². The number of anilines is 1. The maximum Gasteiger partial charge on any atom is 0.0314 e. The molecule has 2 N–H and O–H groups in total. The number of allylic oxidation sites excluding steroid dienone is 5. The fourth-order valence-corrected chi connectivity index (χ4v) is 3.77. The predicted octanol–water partition coefficient (Wildman–Crippen LogP) is 5.86. The van der Waals surface area contributed by atoms with E-state index < -0.39 is 0 Å². The molecule has 0 atom stereocenters. The van der Waals surface area contributed by atoms with E-state index in [-0.39, 0.29) is 0 Å². The molecule has 0 aromatic heterocycles. The Labute approximate surface area is 138 Å². The van der Waals surface area contributed by atoms with Crippen molar-refractivity contribution in [3.8, 4) is 0 Å². The first kappa shape index (κ1) is 15.4. The average molecular weight is 395 g/mol. The maximum absolute atomic E-state index is 5.75. The number of benzene rings is 1. The minimum Gasteiger partial charge on any atom is -0.399 e. The molecule has 0 saturated carbocycles. The highest BCUT2D eigenvalue weighted by Gasteiger charge is 2.16. The van der Waals surface area contributed by atoms with Crippen molar-refractivity contribution < 1.29 is 0 Å². The zero-order chi connectivity index (χ0) is 14.4. The highest BCUT2D eigenvalue weighted by molar-refractivity contribution is 14.1. The first-order valence-electron chi connectivity index (χ1n) is 6.60. The molecule has 1 aliphatic carbocycles. The Kier molecular flexibility index (Phi) is 5.98. The van der Waals surface area contributed by atoms with Crippen molar-refractivity contribution in [2.24, 2.45) is 0 Å². The molecule has 2 rings (SSSR count). The fourth-order valence-electron chi connectivity index (χ4n) is 2.22. The zero-order valence-electron chi connectivity index (χ0n) is 11.3. The van der Waals surface area contributed by atoms with Crippen molar-refractivity contribution in [3.05, 3.63) is 69.2 Å². The van der Waals surface area contributed by atoms with E-state index >= 15 is 0 Å².